The van der Waals surface area contributed by atoms with Crippen molar-refractivity contribution in [2.75, 3.05) is 18.4 Å². The molecule has 2 heterocycles. The van der Waals surface area contributed by atoms with Gasteiger partial charge in [-0.1, -0.05) is 29.8 Å². The van der Waals surface area contributed by atoms with Gasteiger partial charge in [0.05, 0.1) is 22.7 Å². The number of sulfonamides is 1. The molecule has 4 rings (SSSR count). The van der Waals surface area contributed by atoms with Crippen molar-refractivity contribution in [3.05, 3.63) is 65.5 Å². The normalized spacial score (nSPS) is 14.7. The lowest BCUT2D eigenvalue weighted by atomic mass is 10.1. The molecule has 1 amide bonds. The molecule has 0 bridgehead atoms. The molecule has 9 heteroatoms. The summed E-state index contributed by atoms with van der Waals surface area (Å²) in [6.45, 7) is 4.52. The number of nitrogens with one attached hydrogen (secondary N) is 1. The second-order valence-corrected chi connectivity index (χ2v) is 10.0. The Morgan fingerprint density at radius 2 is 1.82 bits per heavy atom. The van der Waals surface area contributed by atoms with Gasteiger partial charge in [-0.15, -0.1) is 0 Å². The second kappa shape index (κ2) is 9.76. The van der Waals surface area contributed by atoms with Crippen LogP contribution in [0.4, 0.5) is 5.69 Å². The molecule has 2 aromatic carbocycles. The smallest absolute Gasteiger partial charge is 0.243 e. The van der Waals surface area contributed by atoms with E-state index in [2.05, 4.69) is 10.5 Å². The number of hydrogen-bond donors (Lipinski definition) is 1. The summed E-state index contributed by atoms with van der Waals surface area (Å²) in [5, 5.41) is 6.71. The van der Waals surface area contributed by atoms with E-state index < -0.39 is 10.0 Å². The number of para-hydroxylation sites is 1. The van der Waals surface area contributed by atoms with Gasteiger partial charge in [0.25, 0.3) is 0 Å². The van der Waals surface area contributed by atoms with E-state index in [0.29, 0.717) is 41.6 Å². The Morgan fingerprint density at radius 3 is 2.48 bits per heavy atom. The third-order valence-electron chi connectivity index (χ3n) is 5.67. The molecule has 1 N–H and O–H groups in total. The maximum Gasteiger partial charge on any atom is 0.243 e. The van der Waals surface area contributed by atoms with Crippen molar-refractivity contribution in [1.29, 1.82) is 0 Å². The Morgan fingerprint density at radius 1 is 1.09 bits per heavy atom. The van der Waals surface area contributed by atoms with Crippen LogP contribution in [0.25, 0.3) is 0 Å². The summed E-state index contributed by atoms with van der Waals surface area (Å²) in [6, 6.07) is 13.7. The molecule has 0 aliphatic carbocycles. The van der Waals surface area contributed by atoms with Crippen LogP contribution in [0.1, 0.15) is 36.3 Å². The van der Waals surface area contributed by atoms with Crippen LogP contribution in [-0.2, 0) is 21.2 Å². The minimum Gasteiger partial charge on any atom is -0.455 e. The summed E-state index contributed by atoms with van der Waals surface area (Å²) in [7, 11) is -3.67. The number of aromatic nitrogens is 1. The number of rotatable bonds is 7. The van der Waals surface area contributed by atoms with Crippen LogP contribution in [-0.4, -0.2) is 36.9 Å². The van der Waals surface area contributed by atoms with Crippen molar-refractivity contribution in [2.45, 2.75) is 44.4 Å². The number of aryl methyl sites for hydroxylation is 2. The van der Waals surface area contributed by atoms with Crippen LogP contribution >= 0.6 is 0 Å². The zero-order chi connectivity index (χ0) is 23.4. The molecule has 33 heavy (non-hydrogen) atoms. The Labute approximate surface area is 193 Å². The summed E-state index contributed by atoms with van der Waals surface area (Å²) in [4.78, 5) is 13.0. The minimum absolute atomic E-state index is 0.0506. The van der Waals surface area contributed by atoms with Crippen molar-refractivity contribution in [3.63, 3.8) is 0 Å². The van der Waals surface area contributed by atoms with E-state index in [-0.39, 0.29) is 22.9 Å². The molecule has 0 atom stereocenters. The second-order valence-electron chi connectivity index (χ2n) is 8.07. The minimum atomic E-state index is -3.67. The van der Waals surface area contributed by atoms with Crippen molar-refractivity contribution < 1.29 is 22.5 Å². The van der Waals surface area contributed by atoms with Gasteiger partial charge in [0.15, 0.2) is 5.75 Å². The Kier molecular flexibility index (Phi) is 6.80. The molecule has 1 aromatic heterocycles. The predicted octanol–water partition coefficient (Wildman–Crippen LogP) is 4.44. The number of nitrogens with zero attached hydrogens (tertiary/aromatic N) is 2. The van der Waals surface area contributed by atoms with Gasteiger partial charge in [-0.25, -0.2) is 8.42 Å². The lowest BCUT2D eigenvalue weighted by molar-refractivity contribution is -0.115. The quantitative estimate of drug-likeness (QED) is 0.549. The number of ether oxygens (including phenoxy) is 1. The summed E-state index contributed by atoms with van der Waals surface area (Å²) in [5.74, 6) is 1.18. The Bertz CT molecular complexity index is 1210. The first-order valence-corrected chi connectivity index (χ1v) is 12.4. The molecular weight excluding hydrogens is 442 g/mol. The van der Waals surface area contributed by atoms with Gasteiger partial charge in [-0.05, 0) is 57.0 Å². The number of piperidine rings is 1. The zero-order valence-electron chi connectivity index (χ0n) is 18.7. The molecule has 0 radical (unpaired) electrons. The van der Waals surface area contributed by atoms with Crippen LogP contribution in [0.2, 0.25) is 0 Å². The fraction of sp³-hybridized carbons (Fsp3) is 0.333. The molecule has 1 aliphatic rings. The summed E-state index contributed by atoms with van der Waals surface area (Å²) in [6.07, 6.45) is 2.76. The fourth-order valence-electron chi connectivity index (χ4n) is 3.84. The average Bonchev–Trinajstić information content (AvgIpc) is 3.13. The molecule has 0 unspecified atom stereocenters. The van der Waals surface area contributed by atoms with Crippen molar-refractivity contribution >= 4 is 21.6 Å². The first kappa shape index (κ1) is 23.0. The van der Waals surface area contributed by atoms with Crippen molar-refractivity contribution in [2.24, 2.45) is 0 Å². The molecule has 174 valence electrons. The van der Waals surface area contributed by atoms with Gasteiger partial charge in [-0.3, -0.25) is 4.79 Å². The van der Waals surface area contributed by atoms with Gasteiger partial charge < -0.3 is 14.6 Å². The lowest BCUT2D eigenvalue weighted by Crippen LogP contribution is -2.35. The maximum absolute atomic E-state index is 13.2. The highest BCUT2D eigenvalue weighted by Gasteiger charge is 2.27. The van der Waals surface area contributed by atoms with Crippen LogP contribution < -0.4 is 10.1 Å². The summed E-state index contributed by atoms with van der Waals surface area (Å²) in [5.41, 5.74) is 1.63. The molecule has 1 saturated heterocycles. The first-order valence-electron chi connectivity index (χ1n) is 10.9. The Balaban J connectivity index is 1.64. The third kappa shape index (κ3) is 5.26. The summed E-state index contributed by atoms with van der Waals surface area (Å²) < 4.78 is 39.0. The van der Waals surface area contributed by atoms with Gasteiger partial charge in [0.1, 0.15) is 11.5 Å². The highest BCUT2D eigenvalue weighted by atomic mass is 32.2. The highest BCUT2D eigenvalue weighted by Crippen LogP contribution is 2.33. The van der Waals surface area contributed by atoms with E-state index in [9.17, 15) is 13.2 Å². The number of anilines is 1. The molecule has 0 saturated carbocycles. The van der Waals surface area contributed by atoms with Gasteiger partial charge in [-0.2, -0.15) is 4.31 Å². The van der Waals surface area contributed by atoms with Gasteiger partial charge in [0.2, 0.25) is 15.9 Å². The molecule has 3 aromatic rings. The summed E-state index contributed by atoms with van der Waals surface area (Å²) >= 11 is 0. The monoisotopic (exact) mass is 469 g/mol. The lowest BCUT2D eigenvalue weighted by Gasteiger charge is -2.26. The molecule has 0 spiro atoms. The molecule has 1 aliphatic heterocycles. The van der Waals surface area contributed by atoms with Crippen molar-refractivity contribution in [3.8, 4) is 11.5 Å². The SMILES string of the molecule is Cc1noc(C)c1CC(=O)Nc1cc(S(=O)(=O)N2CCCCC2)ccc1Oc1ccccc1. The number of amides is 1. The number of hydrogen-bond acceptors (Lipinski definition) is 6. The predicted molar refractivity (Wildman–Crippen MR) is 124 cm³/mol. The molecular formula is C24H27N3O5S. The van der Waals surface area contributed by atoms with E-state index in [1.54, 1.807) is 32.0 Å². The van der Waals surface area contributed by atoms with Crippen molar-refractivity contribution in [1.82, 2.24) is 9.46 Å². The average molecular weight is 470 g/mol. The number of benzene rings is 2. The van der Waals surface area contributed by atoms with E-state index in [1.165, 1.54) is 16.4 Å². The topological polar surface area (TPSA) is 102 Å². The molecule has 8 nitrogen and oxygen atoms in total. The van der Waals surface area contributed by atoms with Gasteiger partial charge in [0, 0.05) is 18.7 Å². The number of carbonyl (C=O) groups excluding carboxylic acids is 1. The first-order chi connectivity index (χ1) is 15.8. The van der Waals surface area contributed by atoms with E-state index in [1.807, 2.05) is 18.2 Å². The fourth-order valence-corrected chi connectivity index (χ4v) is 5.38. The number of carbonyl (C=O) groups is 1. The van der Waals surface area contributed by atoms with Crippen LogP contribution in [0, 0.1) is 13.8 Å². The maximum atomic E-state index is 13.2. The standard InChI is InChI=1S/C24H27N3O5S/c1-17-21(18(2)32-26-17)16-24(28)25-22-15-20(33(29,30)27-13-7-4-8-14-27)11-12-23(22)31-19-9-5-3-6-10-19/h3,5-6,9-12,15H,4,7-8,13-14,16H2,1-2H3,(H,25,28). The molecule has 1 fully saturated rings. The third-order valence-corrected chi connectivity index (χ3v) is 7.56. The van der Waals surface area contributed by atoms with E-state index in [0.717, 1.165) is 19.3 Å². The largest absolute Gasteiger partial charge is 0.455 e. The highest BCUT2D eigenvalue weighted by molar-refractivity contribution is 7.89. The van der Waals surface area contributed by atoms with Crippen LogP contribution in [0.5, 0.6) is 11.5 Å². The zero-order valence-corrected chi connectivity index (χ0v) is 19.5. The Hall–Kier alpha value is -3.17. The van der Waals surface area contributed by atoms with Crippen LogP contribution in [0.15, 0.2) is 57.9 Å². The van der Waals surface area contributed by atoms with Gasteiger partial charge >= 0.3 is 0 Å². The van der Waals surface area contributed by atoms with Crippen LogP contribution in [0.3, 0.4) is 0 Å². The van der Waals surface area contributed by atoms with E-state index >= 15 is 0 Å². The van der Waals surface area contributed by atoms with E-state index in [4.69, 9.17) is 9.26 Å².